The Kier molecular flexibility index (Phi) is 4.43. The van der Waals surface area contributed by atoms with Crippen molar-refractivity contribution in [1.29, 1.82) is 0 Å². The molecule has 1 aliphatic rings. The van der Waals surface area contributed by atoms with Crippen LogP contribution in [0.25, 0.3) is 5.82 Å². The molecule has 0 aliphatic carbocycles. The molecule has 7 heteroatoms. The first kappa shape index (κ1) is 16.4. The molecule has 1 atom stereocenters. The molecule has 2 aromatic heterocycles. The molecule has 0 bridgehead atoms. The summed E-state index contributed by atoms with van der Waals surface area (Å²) in [5.41, 5.74) is 0.542. The molecule has 4 rings (SSSR count). The fraction of sp³-hybridized carbons (Fsp3) is 0.263. The molecule has 1 fully saturated rings. The zero-order valence-corrected chi connectivity index (χ0v) is 14.1. The monoisotopic (exact) mass is 351 g/mol. The summed E-state index contributed by atoms with van der Waals surface area (Å²) in [4.78, 5) is 27.4. The maximum Gasteiger partial charge on any atom is 0.164 e. The maximum absolute atomic E-state index is 13.1. The number of anilines is 1. The van der Waals surface area contributed by atoms with Gasteiger partial charge in [0.05, 0.1) is 0 Å². The lowest BCUT2D eigenvalue weighted by molar-refractivity contribution is 0.0974. The molecule has 0 spiro atoms. The number of aromatic nitrogens is 4. The fourth-order valence-electron chi connectivity index (χ4n) is 3.35. The summed E-state index contributed by atoms with van der Waals surface area (Å²) >= 11 is 0. The van der Waals surface area contributed by atoms with E-state index in [0.717, 1.165) is 31.0 Å². The highest BCUT2D eigenvalue weighted by Gasteiger charge is 2.28. The van der Waals surface area contributed by atoms with E-state index in [9.17, 15) is 9.18 Å². The Hall–Kier alpha value is -3.09. The van der Waals surface area contributed by atoms with Crippen LogP contribution in [0.1, 0.15) is 29.6 Å². The molecule has 0 radical (unpaired) electrons. The zero-order chi connectivity index (χ0) is 17.9. The third-order valence-electron chi connectivity index (χ3n) is 4.67. The second kappa shape index (κ2) is 7.03. The molecule has 1 saturated heterocycles. The van der Waals surface area contributed by atoms with E-state index < -0.39 is 0 Å². The molecule has 0 unspecified atom stereocenters. The van der Waals surface area contributed by atoms with E-state index >= 15 is 0 Å². The number of Topliss-reactive ketones (excluding diaryl/α,β-unsaturated/α-hetero) is 1. The van der Waals surface area contributed by atoms with Gasteiger partial charge in [0.15, 0.2) is 5.78 Å². The summed E-state index contributed by atoms with van der Waals surface area (Å²) in [6.45, 7) is 0.849. The summed E-state index contributed by atoms with van der Waals surface area (Å²) in [5, 5.41) is 0. The minimum absolute atomic E-state index is 0.0192. The van der Waals surface area contributed by atoms with Gasteiger partial charge < -0.3 is 4.90 Å². The number of ketones is 1. The van der Waals surface area contributed by atoms with Gasteiger partial charge in [0.25, 0.3) is 0 Å². The molecule has 26 heavy (non-hydrogen) atoms. The lowest BCUT2D eigenvalue weighted by Gasteiger charge is -2.25. The van der Waals surface area contributed by atoms with Crippen molar-refractivity contribution in [1.82, 2.24) is 19.5 Å². The number of carbonyl (C=O) groups is 1. The van der Waals surface area contributed by atoms with Crippen LogP contribution in [0.2, 0.25) is 0 Å². The van der Waals surface area contributed by atoms with E-state index in [4.69, 9.17) is 0 Å². The first-order valence-electron chi connectivity index (χ1n) is 8.56. The number of carbonyl (C=O) groups excluding carboxylic acids is 1. The number of imidazole rings is 1. The van der Waals surface area contributed by atoms with Gasteiger partial charge in [-0.25, -0.2) is 19.3 Å². The lowest BCUT2D eigenvalue weighted by atomic mass is 10.0. The Morgan fingerprint density at radius 3 is 2.77 bits per heavy atom. The molecular weight excluding hydrogens is 333 g/mol. The van der Waals surface area contributed by atoms with E-state index in [2.05, 4.69) is 19.9 Å². The highest BCUT2D eigenvalue weighted by atomic mass is 19.1. The van der Waals surface area contributed by atoms with Crippen molar-refractivity contribution in [2.24, 2.45) is 0 Å². The molecule has 0 amide bonds. The van der Waals surface area contributed by atoms with Gasteiger partial charge >= 0.3 is 0 Å². The highest BCUT2D eigenvalue weighted by Crippen LogP contribution is 2.27. The summed E-state index contributed by atoms with van der Waals surface area (Å²) < 4.78 is 14.9. The third kappa shape index (κ3) is 3.33. The Morgan fingerprint density at radius 1 is 1.19 bits per heavy atom. The van der Waals surface area contributed by atoms with Crippen LogP contribution < -0.4 is 4.90 Å². The quantitative estimate of drug-likeness (QED) is 0.661. The van der Waals surface area contributed by atoms with Crippen molar-refractivity contribution in [2.75, 3.05) is 11.4 Å². The summed E-state index contributed by atoms with van der Waals surface area (Å²) in [7, 11) is 0. The van der Waals surface area contributed by atoms with Crippen LogP contribution in [0, 0.1) is 5.82 Å². The number of hydrogen-bond acceptors (Lipinski definition) is 5. The van der Waals surface area contributed by atoms with Gasteiger partial charge in [0, 0.05) is 43.0 Å². The van der Waals surface area contributed by atoms with Crippen LogP contribution in [0.4, 0.5) is 10.2 Å². The van der Waals surface area contributed by atoms with Crippen molar-refractivity contribution in [3.8, 4) is 5.82 Å². The minimum Gasteiger partial charge on any atom is -0.353 e. The number of benzene rings is 1. The number of rotatable bonds is 5. The zero-order valence-electron chi connectivity index (χ0n) is 14.1. The number of halogens is 1. The molecule has 0 saturated carbocycles. The van der Waals surface area contributed by atoms with Crippen LogP contribution in [0.15, 0.2) is 55.4 Å². The van der Waals surface area contributed by atoms with Crippen LogP contribution in [0.3, 0.4) is 0 Å². The largest absolute Gasteiger partial charge is 0.353 e. The Labute approximate surface area is 150 Å². The lowest BCUT2D eigenvalue weighted by Crippen LogP contribution is -2.32. The standard InChI is InChI=1S/C19H18FN5O/c20-15-5-3-14(4-6-15)17(26)10-16-2-1-8-25(16)19-11-18(22-12-23-19)24-9-7-21-13-24/h3-7,9,11-13,16H,1-2,8,10H2/t16-/m1/s1. The summed E-state index contributed by atoms with van der Waals surface area (Å²) in [5.74, 6) is 1.23. The Balaban J connectivity index is 1.52. The van der Waals surface area contributed by atoms with Crippen molar-refractivity contribution in [2.45, 2.75) is 25.3 Å². The molecular formula is C19H18FN5O. The second-order valence-electron chi connectivity index (χ2n) is 6.33. The van der Waals surface area contributed by atoms with Gasteiger partial charge in [0.2, 0.25) is 0 Å². The summed E-state index contributed by atoms with van der Waals surface area (Å²) in [6.07, 6.45) is 9.06. The average Bonchev–Trinajstić information content (AvgIpc) is 3.34. The minimum atomic E-state index is -0.336. The van der Waals surface area contributed by atoms with Gasteiger partial charge in [-0.2, -0.15) is 0 Å². The molecule has 1 aromatic carbocycles. The van der Waals surface area contributed by atoms with Crippen molar-refractivity contribution in [3.05, 3.63) is 66.8 Å². The Bertz CT molecular complexity index is 895. The first-order chi connectivity index (χ1) is 12.7. The maximum atomic E-state index is 13.1. The topological polar surface area (TPSA) is 63.9 Å². The highest BCUT2D eigenvalue weighted by molar-refractivity contribution is 5.96. The van der Waals surface area contributed by atoms with Crippen molar-refractivity contribution in [3.63, 3.8) is 0 Å². The predicted octanol–water partition coefficient (Wildman–Crippen LogP) is 3.04. The van der Waals surface area contributed by atoms with Crippen LogP contribution in [-0.2, 0) is 0 Å². The smallest absolute Gasteiger partial charge is 0.164 e. The van der Waals surface area contributed by atoms with Gasteiger partial charge in [-0.05, 0) is 37.1 Å². The van der Waals surface area contributed by atoms with E-state index in [1.807, 2.05) is 16.8 Å². The van der Waals surface area contributed by atoms with Crippen molar-refractivity contribution < 1.29 is 9.18 Å². The van der Waals surface area contributed by atoms with E-state index in [-0.39, 0.29) is 17.6 Å². The molecule has 1 aliphatic heterocycles. The molecule has 0 N–H and O–H groups in total. The van der Waals surface area contributed by atoms with Crippen LogP contribution in [-0.4, -0.2) is 37.9 Å². The number of nitrogens with zero attached hydrogens (tertiary/aromatic N) is 5. The van der Waals surface area contributed by atoms with Gasteiger partial charge in [-0.1, -0.05) is 0 Å². The van der Waals surface area contributed by atoms with E-state index in [1.165, 1.54) is 18.5 Å². The van der Waals surface area contributed by atoms with Crippen LogP contribution >= 0.6 is 0 Å². The second-order valence-corrected chi connectivity index (χ2v) is 6.33. The predicted molar refractivity (Wildman–Crippen MR) is 94.9 cm³/mol. The van der Waals surface area contributed by atoms with E-state index in [0.29, 0.717) is 12.0 Å². The molecule has 3 aromatic rings. The Morgan fingerprint density at radius 2 is 2.00 bits per heavy atom. The van der Waals surface area contributed by atoms with Gasteiger partial charge in [-0.3, -0.25) is 9.36 Å². The average molecular weight is 351 g/mol. The van der Waals surface area contributed by atoms with Gasteiger partial charge in [-0.15, -0.1) is 0 Å². The van der Waals surface area contributed by atoms with E-state index in [1.54, 1.807) is 24.7 Å². The first-order valence-corrected chi connectivity index (χ1v) is 8.56. The van der Waals surface area contributed by atoms with Gasteiger partial charge in [0.1, 0.15) is 30.1 Å². The summed E-state index contributed by atoms with van der Waals surface area (Å²) in [6, 6.07) is 7.71. The fourth-order valence-corrected chi connectivity index (χ4v) is 3.35. The molecule has 132 valence electrons. The SMILES string of the molecule is O=C(C[C@H]1CCCN1c1cc(-n2ccnc2)ncn1)c1ccc(F)cc1. The van der Waals surface area contributed by atoms with Crippen molar-refractivity contribution >= 4 is 11.6 Å². The third-order valence-corrected chi connectivity index (χ3v) is 4.67. The normalized spacial score (nSPS) is 16.8. The molecule has 3 heterocycles. The van der Waals surface area contributed by atoms with Crippen LogP contribution in [0.5, 0.6) is 0 Å². The molecule has 6 nitrogen and oxygen atoms in total. The number of hydrogen-bond donors (Lipinski definition) is 0.